The van der Waals surface area contributed by atoms with Crippen molar-refractivity contribution in [2.75, 3.05) is 25.7 Å². The van der Waals surface area contributed by atoms with Gasteiger partial charge in [0.05, 0.1) is 19.8 Å². The summed E-state index contributed by atoms with van der Waals surface area (Å²) in [5, 5.41) is 0. The van der Waals surface area contributed by atoms with Crippen molar-refractivity contribution in [1.29, 1.82) is 0 Å². The zero-order valence-electron chi connectivity index (χ0n) is 16.3. The molecular formula is C21H25NO5. The summed E-state index contributed by atoms with van der Waals surface area (Å²) in [7, 11) is 3.03. The first-order valence-electron chi connectivity index (χ1n) is 8.72. The molecule has 2 rings (SSSR count). The molecule has 144 valence electrons. The number of likely N-dealkylation sites (N-methyl/N-ethyl adjacent to an activating group) is 1. The molecule has 0 aliphatic heterocycles. The molecule has 0 saturated carbocycles. The highest BCUT2D eigenvalue weighted by molar-refractivity contribution is 5.99. The topological polar surface area (TPSA) is 65.1 Å². The molecule has 0 N–H and O–H groups in total. The van der Waals surface area contributed by atoms with Gasteiger partial charge in [-0.2, -0.15) is 0 Å². The maximum Gasteiger partial charge on any atom is 0.339 e. The zero-order chi connectivity index (χ0) is 20.0. The van der Waals surface area contributed by atoms with Crippen LogP contribution in [-0.2, 0) is 9.53 Å². The third kappa shape index (κ3) is 4.58. The van der Waals surface area contributed by atoms with Crippen LogP contribution in [0.15, 0.2) is 42.5 Å². The SMILES string of the molecule is CCN(C(=O)[C@H](C)OC(=O)c1cc(OC)c(C)c(OC)c1)c1ccccc1. The molecule has 6 nitrogen and oxygen atoms in total. The molecule has 0 spiro atoms. The summed E-state index contributed by atoms with van der Waals surface area (Å²) in [5.74, 6) is 0.124. The molecule has 2 aromatic carbocycles. The molecule has 1 atom stereocenters. The molecule has 0 aliphatic carbocycles. The van der Waals surface area contributed by atoms with Crippen molar-refractivity contribution in [2.45, 2.75) is 26.9 Å². The molecule has 0 saturated heterocycles. The van der Waals surface area contributed by atoms with Crippen molar-refractivity contribution in [3.05, 3.63) is 53.6 Å². The summed E-state index contributed by atoms with van der Waals surface area (Å²) in [4.78, 5) is 26.9. The molecule has 0 heterocycles. The van der Waals surface area contributed by atoms with Crippen LogP contribution in [0.3, 0.4) is 0 Å². The van der Waals surface area contributed by atoms with Crippen LogP contribution in [-0.4, -0.2) is 38.7 Å². The van der Waals surface area contributed by atoms with Gasteiger partial charge >= 0.3 is 5.97 Å². The number of ether oxygens (including phenoxy) is 3. The lowest BCUT2D eigenvalue weighted by Gasteiger charge is -2.24. The number of esters is 1. The standard InChI is InChI=1S/C21H25NO5/c1-6-22(17-10-8-7-9-11-17)20(23)15(3)27-21(24)16-12-18(25-4)14(2)19(13-16)26-5/h7-13,15H,6H2,1-5H3/t15-/m0/s1. The Bertz CT molecular complexity index is 778. The Balaban J connectivity index is 2.18. The lowest BCUT2D eigenvalue weighted by Crippen LogP contribution is -2.40. The second-order valence-electron chi connectivity index (χ2n) is 5.97. The van der Waals surface area contributed by atoms with Crippen molar-refractivity contribution >= 4 is 17.6 Å². The van der Waals surface area contributed by atoms with Crippen molar-refractivity contribution < 1.29 is 23.8 Å². The highest BCUT2D eigenvalue weighted by Crippen LogP contribution is 2.30. The minimum Gasteiger partial charge on any atom is -0.496 e. The summed E-state index contributed by atoms with van der Waals surface area (Å²) in [6.45, 7) is 5.73. The Morgan fingerprint density at radius 3 is 2.07 bits per heavy atom. The zero-order valence-corrected chi connectivity index (χ0v) is 16.3. The number of carbonyl (C=O) groups excluding carboxylic acids is 2. The van der Waals surface area contributed by atoms with Gasteiger partial charge in [0.25, 0.3) is 5.91 Å². The Morgan fingerprint density at radius 2 is 1.59 bits per heavy atom. The van der Waals surface area contributed by atoms with E-state index >= 15 is 0 Å². The van der Waals surface area contributed by atoms with Gasteiger partial charge in [0, 0.05) is 17.8 Å². The van der Waals surface area contributed by atoms with E-state index in [2.05, 4.69) is 0 Å². The fraction of sp³-hybridized carbons (Fsp3) is 0.333. The molecule has 0 radical (unpaired) electrons. The minimum atomic E-state index is -0.934. The van der Waals surface area contributed by atoms with Gasteiger partial charge in [0.1, 0.15) is 11.5 Å². The van der Waals surface area contributed by atoms with Gasteiger partial charge in [-0.25, -0.2) is 4.79 Å². The van der Waals surface area contributed by atoms with E-state index in [1.54, 1.807) is 24.0 Å². The number of nitrogens with zero attached hydrogens (tertiary/aromatic N) is 1. The average molecular weight is 371 g/mol. The lowest BCUT2D eigenvalue weighted by molar-refractivity contribution is -0.126. The van der Waals surface area contributed by atoms with Gasteiger partial charge in [0.15, 0.2) is 6.10 Å². The molecular weight excluding hydrogens is 346 g/mol. The van der Waals surface area contributed by atoms with Crippen LogP contribution in [0.2, 0.25) is 0 Å². The average Bonchev–Trinajstić information content (AvgIpc) is 2.69. The predicted octanol–water partition coefficient (Wildman–Crippen LogP) is 3.61. The van der Waals surface area contributed by atoms with Crippen molar-refractivity contribution in [2.24, 2.45) is 0 Å². The molecule has 1 amide bonds. The van der Waals surface area contributed by atoms with Crippen molar-refractivity contribution in [1.82, 2.24) is 0 Å². The maximum absolute atomic E-state index is 12.7. The number of rotatable bonds is 7. The van der Waals surface area contributed by atoms with Gasteiger partial charge in [-0.15, -0.1) is 0 Å². The van der Waals surface area contributed by atoms with E-state index in [-0.39, 0.29) is 11.5 Å². The van der Waals surface area contributed by atoms with Crippen LogP contribution in [0.5, 0.6) is 11.5 Å². The van der Waals surface area contributed by atoms with E-state index in [1.165, 1.54) is 14.2 Å². The molecule has 0 aromatic heterocycles. The van der Waals surface area contributed by atoms with Crippen LogP contribution in [0.4, 0.5) is 5.69 Å². The van der Waals surface area contributed by atoms with E-state index in [4.69, 9.17) is 14.2 Å². The van der Waals surface area contributed by atoms with Crippen LogP contribution < -0.4 is 14.4 Å². The Hall–Kier alpha value is -3.02. The number of methoxy groups -OCH3 is 2. The fourth-order valence-corrected chi connectivity index (χ4v) is 2.78. The van der Waals surface area contributed by atoms with Gasteiger partial charge in [-0.3, -0.25) is 4.79 Å². The molecule has 0 aliphatic rings. The minimum absolute atomic E-state index is 0.261. The van der Waals surface area contributed by atoms with E-state index in [9.17, 15) is 9.59 Å². The Morgan fingerprint density at radius 1 is 1.04 bits per heavy atom. The number of hydrogen-bond donors (Lipinski definition) is 0. The lowest BCUT2D eigenvalue weighted by atomic mass is 10.1. The molecule has 2 aromatic rings. The highest BCUT2D eigenvalue weighted by atomic mass is 16.5. The smallest absolute Gasteiger partial charge is 0.339 e. The first kappa shape index (κ1) is 20.3. The van der Waals surface area contributed by atoms with Crippen LogP contribution in [0, 0.1) is 6.92 Å². The van der Waals surface area contributed by atoms with Gasteiger partial charge in [-0.05, 0) is 45.0 Å². The monoisotopic (exact) mass is 371 g/mol. The van der Waals surface area contributed by atoms with Crippen LogP contribution in [0.1, 0.15) is 29.8 Å². The summed E-state index contributed by atoms with van der Waals surface area (Å²) in [6.07, 6.45) is -0.934. The number of para-hydroxylation sites is 1. The molecule has 27 heavy (non-hydrogen) atoms. The van der Waals surface area contributed by atoms with E-state index in [0.29, 0.717) is 18.0 Å². The van der Waals surface area contributed by atoms with E-state index in [1.807, 2.05) is 44.2 Å². The first-order valence-corrected chi connectivity index (χ1v) is 8.72. The molecule has 6 heteroatoms. The summed E-state index contributed by atoms with van der Waals surface area (Å²) < 4.78 is 16.0. The largest absolute Gasteiger partial charge is 0.496 e. The number of hydrogen-bond acceptors (Lipinski definition) is 5. The normalized spacial score (nSPS) is 11.4. The van der Waals surface area contributed by atoms with Crippen LogP contribution in [0.25, 0.3) is 0 Å². The highest BCUT2D eigenvalue weighted by Gasteiger charge is 2.25. The number of anilines is 1. The van der Waals surface area contributed by atoms with Gasteiger partial charge < -0.3 is 19.1 Å². The number of benzene rings is 2. The molecule has 0 fully saturated rings. The number of carbonyl (C=O) groups is 2. The number of amides is 1. The summed E-state index contributed by atoms with van der Waals surface area (Å²) in [6, 6.07) is 12.4. The van der Waals surface area contributed by atoms with Crippen LogP contribution >= 0.6 is 0 Å². The second-order valence-corrected chi connectivity index (χ2v) is 5.97. The van der Waals surface area contributed by atoms with Crippen molar-refractivity contribution in [3.63, 3.8) is 0 Å². The van der Waals surface area contributed by atoms with Crippen molar-refractivity contribution in [3.8, 4) is 11.5 Å². The summed E-state index contributed by atoms with van der Waals surface area (Å²) in [5.41, 5.74) is 1.80. The van der Waals surface area contributed by atoms with E-state index in [0.717, 1.165) is 11.3 Å². The van der Waals surface area contributed by atoms with Gasteiger partial charge in [-0.1, -0.05) is 18.2 Å². The Labute approximate surface area is 159 Å². The third-order valence-electron chi connectivity index (χ3n) is 4.27. The quantitative estimate of drug-likeness (QED) is 0.696. The molecule has 0 bridgehead atoms. The predicted molar refractivity (Wildman–Crippen MR) is 104 cm³/mol. The maximum atomic E-state index is 12.7. The van der Waals surface area contributed by atoms with Gasteiger partial charge in [0.2, 0.25) is 0 Å². The van der Waals surface area contributed by atoms with E-state index < -0.39 is 12.1 Å². The second kappa shape index (κ2) is 9.07. The first-order chi connectivity index (χ1) is 12.9. The Kier molecular flexibility index (Phi) is 6.82. The molecule has 0 unspecified atom stereocenters. The fourth-order valence-electron chi connectivity index (χ4n) is 2.78. The summed E-state index contributed by atoms with van der Waals surface area (Å²) >= 11 is 0. The third-order valence-corrected chi connectivity index (χ3v) is 4.27.